The predicted octanol–water partition coefficient (Wildman–Crippen LogP) is 5.98. The highest BCUT2D eigenvalue weighted by Gasteiger charge is 2.20. The molecule has 0 aliphatic rings. The lowest BCUT2D eigenvalue weighted by Crippen LogP contribution is -2.24. The van der Waals surface area contributed by atoms with Crippen LogP contribution in [0.4, 0.5) is 5.82 Å². The van der Waals surface area contributed by atoms with Crippen molar-refractivity contribution in [2.75, 3.05) is 11.8 Å². The van der Waals surface area contributed by atoms with Crippen molar-refractivity contribution >= 4 is 52.1 Å². The van der Waals surface area contributed by atoms with Gasteiger partial charge in [-0.05, 0) is 42.8 Å². The van der Waals surface area contributed by atoms with Crippen LogP contribution in [0.5, 0.6) is 17.2 Å². The monoisotopic (exact) mass is 531 g/mol. The van der Waals surface area contributed by atoms with Gasteiger partial charge < -0.3 is 9.47 Å². The summed E-state index contributed by atoms with van der Waals surface area (Å²) in [6.45, 7) is 6.05. The number of anilines is 1. The van der Waals surface area contributed by atoms with E-state index in [9.17, 15) is 4.21 Å². The van der Waals surface area contributed by atoms with E-state index >= 15 is 0 Å². The van der Waals surface area contributed by atoms with E-state index in [4.69, 9.17) is 32.7 Å². The number of para-hydroxylation sites is 2. The van der Waals surface area contributed by atoms with Crippen molar-refractivity contribution in [1.29, 1.82) is 0 Å². The SMILES string of the molecule is C=C(N=C/C=C\C)c1nc(Cl)c(Oc2ccccc2OC)c(NS(=O)NCc2ccc(Cl)cc2)n1. The number of benzene rings is 2. The number of hydrogen-bond donors (Lipinski definition) is 2. The number of ether oxygens (including phenoxy) is 2. The molecule has 2 aromatic carbocycles. The van der Waals surface area contributed by atoms with Crippen molar-refractivity contribution in [3.05, 3.63) is 88.8 Å². The number of hydrogen-bond acceptors (Lipinski definition) is 6. The molecule has 0 aliphatic carbocycles. The van der Waals surface area contributed by atoms with Crippen molar-refractivity contribution in [3.63, 3.8) is 0 Å². The lowest BCUT2D eigenvalue weighted by atomic mass is 10.2. The molecule has 182 valence electrons. The highest BCUT2D eigenvalue weighted by Crippen LogP contribution is 2.38. The van der Waals surface area contributed by atoms with Crippen LogP contribution in [-0.2, 0) is 17.7 Å². The Bertz CT molecular complexity index is 1270. The summed E-state index contributed by atoms with van der Waals surface area (Å²) in [7, 11) is 1.52. The van der Waals surface area contributed by atoms with Crippen molar-refractivity contribution in [2.45, 2.75) is 13.5 Å². The normalized spacial score (nSPS) is 12.1. The average Bonchev–Trinajstić information content (AvgIpc) is 2.86. The second kappa shape index (κ2) is 13.0. The van der Waals surface area contributed by atoms with Gasteiger partial charge >= 0.3 is 0 Å². The van der Waals surface area contributed by atoms with Crippen LogP contribution >= 0.6 is 23.2 Å². The van der Waals surface area contributed by atoms with Gasteiger partial charge in [0.15, 0.2) is 39.5 Å². The van der Waals surface area contributed by atoms with Gasteiger partial charge in [0.25, 0.3) is 0 Å². The largest absolute Gasteiger partial charge is 0.493 e. The third-order valence-electron chi connectivity index (χ3n) is 4.38. The molecule has 3 aromatic rings. The highest BCUT2D eigenvalue weighted by atomic mass is 35.5. The fraction of sp³-hybridized carbons (Fsp3) is 0.125. The molecular weight excluding hydrogens is 509 g/mol. The molecule has 3 rings (SSSR count). The first-order valence-electron chi connectivity index (χ1n) is 10.3. The molecule has 0 aliphatic heterocycles. The molecule has 0 bridgehead atoms. The van der Waals surface area contributed by atoms with E-state index in [-0.39, 0.29) is 28.2 Å². The van der Waals surface area contributed by atoms with E-state index in [0.717, 1.165) is 5.56 Å². The molecular formula is C24H23Cl2N5O3S. The number of nitrogens with zero attached hydrogens (tertiary/aromatic N) is 3. The molecule has 1 heterocycles. The molecule has 0 fully saturated rings. The molecule has 1 atom stereocenters. The summed E-state index contributed by atoms with van der Waals surface area (Å²) in [5.41, 5.74) is 1.15. The summed E-state index contributed by atoms with van der Waals surface area (Å²) in [4.78, 5) is 12.9. The van der Waals surface area contributed by atoms with Crippen LogP contribution in [-0.4, -0.2) is 27.5 Å². The first kappa shape index (κ1) is 26.4. The Morgan fingerprint density at radius 3 is 2.54 bits per heavy atom. The maximum absolute atomic E-state index is 12.8. The molecule has 35 heavy (non-hydrogen) atoms. The van der Waals surface area contributed by atoms with Gasteiger partial charge in [0, 0.05) is 17.8 Å². The Morgan fingerprint density at radius 1 is 1.14 bits per heavy atom. The van der Waals surface area contributed by atoms with Crippen LogP contribution in [0.3, 0.4) is 0 Å². The van der Waals surface area contributed by atoms with E-state index < -0.39 is 11.2 Å². The molecule has 1 aromatic heterocycles. The van der Waals surface area contributed by atoms with Crippen LogP contribution < -0.4 is 18.9 Å². The van der Waals surface area contributed by atoms with E-state index in [1.54, 1.807) is 48.7 Å². The number of aromatic nitrogens is 2. The minimum atomic E-state index is -1.76. The molecule has 1 unspecified atom stereocenters. The van der Waals surface area contributed by atoms with Gasteiger partial charge in [0.05, 0.1) is 7.11 Å². The van der Waals surface area contributed by atoms with Crippen LogP contribution in [0, 0.1) is 0 Å². The highest BCUT2D eigenvalue weighted by molar-refractivity contribution is 7.84. The number of allylic oxidation sites excluding steroid dienone is 2. The van der Waals surface area contributed by atoms with Gasteiger partial charge in [-0.3, -0.25) is 9.71 Å². The van der Waals surface area contributed by atoms with E-state index in [2.05, 4.69) is 31.0 Å². The summed E-state index contributed by atoms with van der Waals surface area (Å²) in [5, 5.41) is 0.590. The summed E-state index contributed by atoms with van der Waals surface area (Å²) in [5.74, 6) is 1.13. The minimum absolute atomic E-state index is 0.0273. The van der Waals surface area contributed by atoms with Crippen molar-refractivity contribution in [2.24, 2.45) is 4.99 Å². The summed E-state index contributed by atoms with van der Waals surface area (Å²) in [6, 6.07) is 14.2. The van der Waals surface area contributed by atoms with Crippen LogP contribution in [0.2, 0.25) is 10.2 Å². The van der Waals surface area contributed by atoms with Gasteiger partial charge in [-0.25, -0.2) is 18.9 Å². The topological polar surface area (TPSA) is 97.7 Å². The van der Waals surface area contributed by atoms with Crippen LogP contribution in [0.25, 0.3) is 5.70 Å². The summed E-state index contributed by atoms with van der Waals surface area (Å²) < 4.78 is 29.8. The maximum atomic E-state index is 12.8. The number of aliphatic imine (C=N–C) groups is 1. The third-order valence-corrected chi connectivity index (χ3v) is 5.68. The smallest absolute Gasteiger partial charge is 0.208 e. The number of nitrogens with one attached hydrogen (secondary N) is 2. The van der Waals surface area contributed by atoms with Crippen LogP contribution in [0.1, 0.15) is 18.3 Å². The molecule has 0 spiro atoms. The molecule has 0 saturated heterocycles. The zero-order chi connectivity index (χ0) is 25.2. The second-order valence-corrected chi connectivity index (χ2v) is 8.66. The Hall–Kier alpha value is -3.24. The minimum Gasteiger partial charge on any atom is -0.493 e. The van der Waals surface area contributed by atoms with Crippen molar-refractivity contribution in [3.8, 4) is 17.2 Å². The molecule has 2 N–H and O–H groups in total. The van der Waals surface area contributed by atoms with Gasteiger partial charge in [0.1, 0.15) is 5.70 Å². The van der Waals surface area contributed by atoms with E-state index in [1.165, 1.54) is 7.11 Å². The Morgan fingerprint density at radius 2 is 1.86 bits per heavy atom. The van der Waals surface area contributed by atoms with Crippen molar-refractivity contribution in [1.82, 2.24) is 14.7 Å². The number of halogens is 2. The van der Waals surface area contributed by atoms with Gasteiger partial charge in [-0.15, -0.1) is 0 Å². The Labute approximate surface area is 216 Å². The van der Waals surface area contributed by atoms with E-state index in [1.807, 2.05) is 25.1 Å². The van der Waals surface area contributed by atoms with E-state index in [0.29, 0.717) is 23.1 Å². The van der Waals surface area contributed by atoms with Gasteiger partial charge in [0.2, 0.25) is 5.75 Å². The van der Waals surface area contributed by atoms with Gasteiger partial charge in [-0.1, -0.05) is 60.1 Å². The summed E-state index contributed by atoms with van der Waals surface area (Å²) in [6.07, 6.45) is 5.11. The first-order valence-corrected chi connectivity index (χ1v) is 12.2. The fourth-order valence-electron chi connectivity index (χ4n) is 2.68. The molecule has 0 radical (unpaired) electrons. The van der Waals surface area contributed by atoms with Gasteiger partial charge in [-0.2, -0.15) is 0 Å². The maximum Gasteiger partial charge on any atom is 0.208 e. The second-order valence-electron chi connectivity index (χ2n) is 6.84. The number of rotatable bonds is 11. The lowest BCUT2D eigenvalue weighted by molar-refractivity contribution is 0.378. The zero-order valence-corrected chi connectivity index (χ0v) is 21.3. The molecule has 11 heteroatoms. The quantitative estimate of drug-likeness (QED) is 0.234. The Kier molecular flexibility index (Phi) is 9.80. The molecule has 0 saturated carbocycles. The molecule has 0 amide bonds. The standard InChI is InChI=1S/C24H23Cl2N5O3S/c1-4-5-14-27-16(2)23-29-22(26)21(34-20-9-7-6-8-19(20)33-3)24(30-23)31-35(32)28-15-17-10-12-18(25)13-11-17/h4-14,28H,2,15H2,1,3H3,(H,29,30,31)/b5-4-,27-14?. The zero-order valence-electron chi connectivity index (χ0n) is 19.0. The lowest BCUT2D eigenvalue weighted by Gasteiger charge is -2.16. The average molecular weight is 532 g/mol. The van der Waals surface area contributed by atoms with Crippen molar-refractivity contribution < 1.29 is 13.7 Å². The predicted molar refractivity (Wildman–Crippen MR) is 143 cm³/mol. The number of methoxy groups -OCH3 is 1. The fourth-order valence-corrected chi connectivity index (χ4v) is 3.69. The molecule has 8 nitrogen and oxygen atoms in total. The first-order chi connectivity index (χ1) is 16.9. The Balaban J connectivity index is 1.90. The van der Waals surface area contributed by atoms with Crippen LogP contribution in [0.15, 0.2) is 72.3 Å². The third kappa shape index (κ3) is 7.63. The summed E-state index contributed by atoms with van der Waals surface area (Å²) >= 11 is 10.6.